The molecule has 13 heteroatoms. The number of nitrogens with zero attached hydrogens (tertiary/aromatic N) is 4. The van der Waals surface area contributed by atoms with E-state index in [0.717, 1.165) is 36.5 Å². The van der Waals surface area contributed by atoms with Crippen molar-refractivity contribution >= 4 is 38.5 Å². The summed E-state index contributed by atoms with van der Waals surface area (Å²) in [6.45, 7) is 9.43. The second-order valence-corrected chi connectivity index (χ2v) is 11.5. The van der Waals surface area contributed by atoms with Gasteiger partial charge in [-0.15, -0.1) is 0 Å². The number of carbonyl (C=O) groups is 1. The van der Waals surface area contributed by atoms with Crippen LogP contribution >= 0.6 is 11.3 Å². The molecule has 5 rings (SSSR count). The molecule has 1 atom stereocenters. The Morgan fingerprint density at radius 3 is 2.67 bits per heavy atom. The molecular weight excluding hydrogens is 569 g/mol. The molecule has 0 unspecified atom stereocenters. The van der Waals surface area contributed by atoms with E-state index in [1.54, 1.807) is 18.2 Å². The maximum absolute atomic E-state index is 13.2. The van der Waals surface area contributed by atoms with Gasteiger partial charge >= 0.3 is 6.18 Å². The van der Waals surface area contributed by atoms with Crippen LogP contribution in [0.2, 0.25) is 0 Å². The number of alkyl halides is 3. The van der Waals surface area contributed by atoms with E-state index in [9.17, 15) is 18.0 Å². The van der Waals surface area contributed by atoms with Crippen LogP contribution in [0.3, 0.4) is 0 Å². The van der Waals surface area contributed by atoms with Crippen LogP contribution in [0.1, 0.15) is 26.3 Å². The Hall–Kier alpha value is -3.81. The van der Waals surface area contributed by atoms with Gasteiger partial charge in [0.25, 0.3) is 0 Å². The average Bonchev–Trinajstić information content (AvgIpc) is 3.34. The highest BCUT2D eigenvalue weighted by molar-refractivity contribution is 7.22. The van der Waals surface area contributed by atoms with Crippen LogP contribution < -0.4 is 15.4 Å². The molecule has 0 aliphatic carbocycles. The third-order valence-corrected chi connectivity index (χ3v) is 7.36. The molecule has 42 heavy (non-hydrogen) atoms. The Bertz CT molecular complexity index is 1540. The molecule has 9 nitrogen and oxygen atoms in total. The molecule has 2 N–H and O–H groups in total. The quantitative estimate of drug-likeness (QED) is 0.231. The number of anilines is 2. The predicted octanol–water partition coefficient (Wildman–Crippen LogP) is 6.29. The SMILES string of the molecule is CC(=O)Nc1nc2c(Oc3cc(-c4ccc(C(F)(F)F)cc4)nc(NC[C@@H]4CN(CC(C)C)CCO4)n3)cccc2s1. The number of morpholine rings is 1. The molecule has 0 spiro atoms. The van der Waals surface area contributed by atoms with Gasteiger partial charge in [-0.1, -0.05) is 43.4 Å². The van der Waals surface area contributed by atoms with Gasteiger partial charge in [0.1, 0.15) is 5.52 Å². The number of rotatable bonds is 9. The summed E-state index contributed by atoms with van der Waals surface area (Å²) in [5.74, 6) is 1.13. The Balaban J connectivity index is 1.43. The first-order valence-corrected chi connectivity index (χ1v) is 14.3. The first-order valence-electron chi connectivity index (χ1n) is 13.5. The molecule has 4 aromatic rings. The summed E-state index contributed by atoms with van der Waals surface area (Å²) in [6.07, 6.45) is -4.53. The average molecular weight is 601 g/mol. The van der Waals surface area contributed by atoms with E-state index >= 15 is 0 Å². The first-order chi connectivity index (χ1) is 20.0. The van der Waals surface area contributed by atoms with Crippen molar-refractivity contribution in [2.75, 3.05) is 43.4 Å². The zero-order chi connectivity index (χ0) is 29.9. The van der Waals surface area contributed by atoms with Crippen LogP contribution in [0.15, 0.2) is 48.5 Å². The van der Waals surface area contributed by atoms with E-state index in [1.807, 2.05) is 6.07 Å². The normalized spacial score (nSPS) is 16.1. The highest BCUT2D eigenvalue weighted by Crippen LogP contribution is 2.36. The number of amides is 1. The molecule has 0 radical (unpaired) electrons. The molecule has 2 aromatic heterocycles. The summed E-state index contributed by atoms with van der Waals surface area (Å²) in [6, 6.07) is 11.7. The highest BCUT2D eigenvalue weighted by atomic mass is 32.1. The fraction of sp³-hybridized carbons (Fsp3) is 0.379. The minimum atomic E-state index is -4.45. The Morgan fingerprint density at radius 2 is 1.95 bits per heavy atom. The van der Waals surface area contributed by atoms with Gasteiger partial charge in [-0.25, -0.2) is 9.97 Å². The highest BCUT2D eigenvalue weighted by Gasteiger charge is 2.30. The van der Waals surface area contributed by atoms with Crippen LogP contribution in [0.5, 0.6) is 11.6 Å². The summed E-state index contributed by atoms with van der Waals surface area (Å²) < 4.78 is 52.4. The Labute approximate surface area is 245 Å². The zero-order valence-electron chi connectivity index (χ0n) is 23.4. The number of ether oxygens (including phenoxy) is 2. The van der Waals surface area contributed by atoms with Crippen LogP contribution in [0, 0.1) is 5.92 Å². The maximum Gasteiger partial charge on any atom is 0.416 e. The number of aromatic nitrogens is 3. The fourth-order valence-electron chi connectivity index (χ4n) is 4.65. The van der Waals surface area contributed by atoms with Gasteiger partial charge in [0.2, 0.25) is 17.7 Å². The minimum absolute atomic E-state index is 0.0869. The zero-order valence-corrected chi connectivity index (χ0v) is 24.2. The number of hydrogen-bond donors (Lipinski definition) is 2. The van der Waals surface area contributed by atoms with E-state index in [-0.39, 0.29) is 23.8 Å². The van der Waals surface area contributed by atoms with Gasteiger partial charge < -0.3 is 20.1 Å². The lowest BCUT2D eigenvalue weighted by atomic mass is 10.1. The lowest BCUT2D eigenvalue weighted by Gasteiger charge is -2.34. The van der Waals surface area contributed by atoms with Crippen LogP contribution in [0.4, 0.5) is 24.3 Å². The number of fused-ring (bicyclic) bond motifs is 1. The second-order valence-electron chi connectivity index (χ2n) is 10.4. The molecule has 1 amide bonds. The Morgan fingerprint density at radius 1 is 1.17 bits per heavy atom. The monoisotopic (exact) mass is 600 g/mol. The standard InChI is InChI=1S/C29H31F3N6O3S/c1-17(2)15-38-11-12-40-21(16-38)14-33-27-35-22(19-7-9-20(10-8-19)29(30,31)32)13-25(36-27)41-23-5-4-6-24-26(23)37-28(42-24)34-18(3)39/h4-10,13,17,21H,11-12,14-16H2,1-3H3,(H,33,35,36)(H,34,37,39)/t21-/m1/s1. The summed E-state index contributed by atoms with van der Waals surface area (Å²) in [4.78, 5) is 27.5. The van der Waals surface area contributed by atoms with Gasteiger partial charge in [-0.3, -0.25) is 9.69 Å². The molecule has 222 valence electrons. The van der Waals surface area contributed by atoms with E-state index in [0.29, 0.717) is 46.7 Å². The number of para-hydroxylation sites is 1. The van der Waals surface area contributed by atoms with Crippen molar-refractivity contribution in [3.8, 4) is 22.9 Å². The topological polar surface area (TPSA) is 102 Å². The number of nitrogens with one attached hydrogen (secondary N) is 2. The fourth-order valence-corrected chi connectivity index (χ4v) is 5.58. The maximum atomic E-state index is 13.2. The lowest BCUT2D eigenvalue weighted by molar-refractivity contribution is -0.137. The molecular formula is C29H31F3N6O3S. The summed E-state index contributed by atoms with van der Waals surface area (Å²) in [7, 11) is 0. The smallest absolute Gasteiger partial charge is 0.416 e. The third kappa shape index (κ3) is 7.52. The van der Waals surface area contributed by atoms with Crippen molar-refractivity contribution in [3.63, 3.8) is 0 Å². The van der Waals surface area contributed by atoms with Gasteiger partial charge in [-0.05, 0) is 30.2 Å². The number of benzene rings is 2. The minimum Gasteiger partial charge on any atom is -0.437 e. The summed E-state index contributed by atoms with van der Waals surface area (Å²) >= 11 is 1.31. The van der Waals surface area contributed by atoms with Crippen molar-refractivity contribution in [2.24, 2.45) is 5.92 Å². The second kappa shape index (κ2) is 12.6. The molecule has 1 fully saturated rings. The van der Waals surface area contributed by atoms with Gasteiger partial charge in [-0.2, -0.15) is 18.2 Å². The molecule has 3 heterocycles. The molecule has 1 aliphatic rings. The third-order valence-electron chi connectivity index (χ3n) is 6.42. The van der Waals surface area contributed by atoms with E-state index in [1.165, 1.54) is 30.4 Å². The van der Waals surface area contributed by atoms with Crippen molar-refractivity contribution in [1.29, 1.82) is 0 Å². The van der Waals surface area contributed by atoms with Crippen molar-refractivity contribution in [2.45, 2.75) is 33.1 Å². The van der Waals surface area contributed by atoms with E-state index in [2.05, 4.69) is 44.3 Å². The van der Waals surface area contributed by atoms with Crippen molar-refractivity contribution < 1.29 is 27.4 Å². The van der Waals surface area contributed by atoms with Crippen molar-refractivity contribution in [3.05, 3.63) is 54.1 Å². The van der Waals surface area contributed by atoms with Crippen LogP contribution in [0.25, 0.3) is 21.5 Å². The van der Waals surface area contributed by atoms with Crippen molar-refractivity contribution in [1.82, 2.24) is 19.9 Å². The number of halogens is 3. The molecule has 0 bridgehead atoms. The van der Waals surface area contributed by atoms with Gasteiger partial charge in [0.15, 0.2) is 10.9 Å². The van der Waals surface area contributed by atoms with E-state index in [4.69, 9.17) is 9.47 Å². The summed E-state index contributed by atoms with van der Waals surface area (Å²) in [5, 5.41) is 6.34. The molecule has 1 aliphatic heterocycles. The molecule has 2 aromatic carbocycles. The molecule has 1 saturated heterocycles. The predicted molar refractivity (Wildman–Crippen MR) is 156 cm³/mol. The number of hydrogen-bond acceptors (Lipinski definition) is 9. The van der Waals surface area contributed by atoms with E-state index < -0.39 is 11.7 Å². The van der Waals surface area contributed by atoms with Gasteiger partial charge in [0.05, 0.1) is 28.7 Å². The van der Waals surface area contributed by atoms with Crippen LogP contribution in [-0.2, 0) is 15.7 Å². The van der Waals surface area contributed by atoms with Crippen LogP contribution in [-0.4, -0.2) is 64.6 Å². The first kappa shape index (κ1) is 29.7. The lowest BCUT2D eigenvalue weighted by Crippen LogP contribution is -2.46. The largest absolute Gasteiger partial charge is 0.437 e. The van der Waals surface area contributed by atoms with Gasteiger partial charge in [0, 0.05) is 44.7 Å². The Kier molecular flexibility index (Phi) is 8.90. The number of carbonyl (C=O) groups excluding carboxylic acids is 1. The summed E-state index contributed by atoms with van der Waals surface area (Å²) in [5.41, 5.74) is 0.638. The number of thiazole rings is 1. The molecule has 0 saturated carbocycles.